The zero-order valence-corrected chi connectivity index (χ0v) is 12.7. The highest BCUT2D eigenvalue weighted by atomic mass is 35.5. The predicted octanol–water partition coefficient (Wildman–Crippen LogP) is 3.55. The first kappa shape index (κ1) is 16.7. The van der Waals surface area contributed by atoms with Gasteiger partial charge in [0.1, 0.15) is 12.4 Å². The van der Waals surface area contributed by atoms with Crippen LogP contribution in [0.25, 0.3) is 0 Å². The first-order chi connectivity index (χ1) is 9.04. The van der Waals surface area contributed by atoms with Crippen LogP contribution >= 0.6 is 31.5 Å². The summed E-state index contributed by atoms with van der Waals surface area (Å²) in [4.78, 5) is 8.82. The van der Waals surface area contributed by atoms with Gasteiger partial charge < -0.3 is 5.11 Å². The quantitative estimate of drug-likeness (QED) is 0.566. The van der Waals surface area contributed by atoms with Gasteiger partial charge in [0.05, 0.1) is 0 Å². The maximum Gasteiger partial charge on any atom is 0.694 e. The lowest BCUT2D eigenvalue weighted by Gasteiger charge is -2.31. The van der Waals surface area contributed by atoms with Gasteiger partial charge in [0.15, 0.2) is 0 Å². The van der Waals surface area contributed by atoms with Crippen LogP contribution in [0, 0.1) is 0 Å². The highest BCUT2D eigenvalue weighted by Crippen LogP contribution is 2.36. The summed E-state index contributed by atoms with van der Waals surface area (Å²) in [6.07, 6.45) is 1.13. The van der Waals surface area contributed by atoms with Gasteiger partial charge in [0, 0.05) is 21.7 Å². The third kappa shape index (κ3) is 4.90. The van der Waals surface area contributed by atoms with Gasteiger partial charge in [-0.3, -0.25) is 0 Å². The maximum atomic E-state index is 10.8. The Balaban J connectivity index is 3.05. The molecule has 0 amide bonds. The number of hydrogen-bond acceptors (Lipinski definition) is 3. The Morgan fingerprint density at radius 1 is 1.16 bits per heavy atom. The Hall–Kier alpha value is -0.380. The smallest absolute Gasteiger partial charge is 0.508 e. The summed E-state index contributed by atoms with van der Waals surface area (Å²) in [5.41, 5.74) is 0.355. The van der Waals surface area contributed by atoms with Crippen LogP contribution in [0.1, 0.15) is 18.4 Å². The standard InChI is InChI=1S/C12H15Cl2O4P/c13-7-5-12(6-8-14,9-18-19(16)17)10-1-3-11(15)4-2-10/h1-4H,5-9H2,(H-,15,16,17)/p+1. The first-order valence-corrected chi connectivity index (χ1v) is 7.94. The Bertz CT molecular complexity index is 405. The lowest BCUT2D eigenvalue weighted by Crippen LogP contribution is -2.32. The normalized spacial score (nSPS) is 12.5. The summed E-state index contributed by atoms with van der Waals surface area (Å²) in [6, 6.07) is 6.63. The van der Waals surface area contributed by atoms with Gasteiger partial charge in [0.25, 0.3) is 0 Å². The predicted molar refractivity (Wildman–Crippen MR) is 76.2 cm³/mol. The number of phenolic OH excluding ortho intramolecular Hbond substituents is 1. The molecule has 0 heterocycles. The van der Waals surface area contributed by atoms with E-state index in [9.17, 15) is 9.67 Å². The van der Waals surface area contributed by atoms with Crippen LogP contribution in [0.2, 0.25) is 0 Å². The van der Waals surface area contributed by atoms with E-state index in [0.717, 1.165) is 5.56 Å². The first-order valence-electron chi connectivity index (χ1n) is 5.74. The Morgan fingerprint density at radius 3 is 2.11 bits per heavy atom. The summed E-state index contributed by atoms with van der Waals surface area (Å²) in [5.74, 6) is 0.913. The molecule has 7 heteroatoms. The molecule has 0 fully saturated rings. The van der Waals surface area contributed by atoms with Crippen LogP contribution in [0.3, 0.4) is 0 Å². The fourth-order valence-electron chi connectivity index (χ4n) is 2.00. The van der Waals surface area contributed by atoms with Crippen LogP contribution in [0.5, 0.6) is 5.75 Å². The van der Waals surface area contributed by atoms with Gasteiger partial charge in [-0.25, -0.2) is 0 Å². The fourth-order valence-corrected chi connectivity index (χ4v) is 3.08. The summed E-state index contributed by atoms with van der Waals surface area (Å²) in [7, 11) is -2.67. The summed E-state index contributed by atoms with van der Waals surface area (Å²) in [6.45, 7) is 0.0585. The second-order valence-electron chi connectivity index (χ2n) is 4.22. The minimum atomic E-state index is -2.67. The van der Waals surface area contributed by atoms with Crippen molar-refractivity contribution in [1.82, 2.24) is 0 Å². The number of alkyl halides is 2. The van der Waals surface area contributed by atoms with E-state index in [2.05, 4.69) is 0 Å². The zero-order chi connectivity index (χ0) is 14.3. The molecule has 106 valence electrons. The molecule has 0 aliphatic heterocycles. The molecule has 1 aromatic carbocycles. The van der Waals surface area contributed by atoms with E-state index in [-0.39, 0.29) is 12.4 Å². The number of benzene rings is 1. The van der Waals surface area contributed by atoms with Gasteiger partial charge in [0.2, 0.25) is 0 Å². The van der Waals surface area contributed by atoms with Crippen molar-refractivity contribution in [2.75, 3.05) is 18.4 Å². The van der Waals surface area contributed by atoms with E-state index in [1.807, 2.05) is 0 Å². The van der Waals surface area contributed by atoms with Crippen molar-refractivity contribution in [3.8, 4) is 5.75 Å². The summed E-state index contributed by atoms with van der Waals surface area (Å²) in [5, 5.41) is 9.33. The van der Waals surface area contributed by atoms with Crippen LogP contribution in [0.4, 0.5) is 0 Å². The lowest BCUT2D eigenvalue weighted by atomic mass is 9.76. The van der Waals surface area contributed by atoms with E-state index in [4.69, 9.17) is 32.6 Å². The molecule has 0 aliphatic rings. The van der Waals surface area contributed by atoms with Gasteiger partial charge in [-0.2, -0.15) is 0 Å². The van der Waals surface area contributed by atoms with E-state index < -0.39 is 13.7 Å². The zero-order valence-electron chi connectivity index (χ0n) is 10.3. The highest BCUT2D eigenvalue weighted by Gasteiger charge is 2.35. The molecule has 0 saturated carbocycles. The average molecular weight is 326 g/mol. The molecule has 4 nitrogen and oxygen atoms in total. The number of hydrogen-bond donors (Lipinski definition) is 2. The second-order valence-corrected chi connectivity index (χ2v) is 5.71. The molecule has 0 bridgehead atoms. The Morgan fingerprint density at radius 2 is 1.68 bits per heavy atom. The minimum Gasteiger partial charge on any atom is -0.508 e. The van der Waals surface area contributed by atoms with Gasteiger partial charge in [-0.15, -0.1) is 32.6 Å². The molecular formula is C12H16Cl2O4P+. The fraction of sp³-hybridized carbons (Fsp3) is 0.500. The van der Waals surface area contributed by atoms with Crippen molar-refractivity contribution in [3.05, 3.63) is 29.8 Å². The van der Waals surface area contributed by atoms with Crippen molar-refractivity contribution in [1.29, 1.82) is 0 Å². The second kappa shape index (κ2) is 8.03. The van der Waals surface area contributed by atoms with Crippen molar-refractivity contribution in [2.24, 2.45) is 0 Å². The van der Waals surface area contributed by atoms with Gasteiger partial charge in [-0.1, -0.05) is 12.1 Å². The molecule has 1 unspecified atom stereocenters. The van der Waals surface area contributed by atoms with Crippen LogP contribution < -0.4 is 0 Å². The van der Waals surface area contributed by atoms with Crippen molar-refractivity contribution in [2.45, 2.75) is 18.3 Å². The molecular weight excluding hydrogens is 310 g/mol. The van der Waals surface area contributed by atoms with Gasteiger partial charge in [-0.05, 0) is 30.5 Å². The molecule has 0 saturated heterocycles. The van der Waals surface area contributed by atoms with E-state index in [0.29, 0.717) is 24.6 Å². The van der Waals surface area contributed by atoms with E-state index in [1.165, 1.54) is 0 Å². The third-order valence-corrected chi connectivity index (χ3v) is 3.80. The molecule has 1 atom stereocenters. The number of halogens is 2. The Labute approximate surface area is 123 Å². The van der Waals surface area contributed by atoms with Crippen molar-refractivity contribution in [3.63, 3.8) is 0 Å². The topological polar surface area (TPSA) is 66.8 Å². The van der Waals surface area contributed by atoms with Crippen LogP contribution in [-0.4, -0.2) is 28.4 Å². The largest absolute Gasteiger partial charge is 0.694 e. The summed E-state index contributed by atoms with van der Waals surface area (Å²) < 4.78 is 15.6. The number of aromatic hydroxyl groups is 1. The number of phenols is 1. The number of rotatable bonds is 8. The molecule has 19 heavy (non-hydrogen) atoms. The lowest BCUT2D eigenvalue weighted by molar-refractivity contribution is 0.193. The van der Waals surface area contributed by atoms with Crippen LogP contribution in [-0.2, 0) is 14.5 Å². The molecule has 0 spiro atoms. The molecule has 2 N–H and O–H groups in total. The minimum absolute atomic E-state index is 0.0585. The molecule has 0 aliphatic carbocycles. The Kier molecular flexibility index (Phi) is 7.05. The molecule has 0 aromatic heterocycles. The van der Waals surface area contributed by atoms with Crippen LogP contribution in [0.15, 0.2) is 24.3 Å². The third-order valence-electron chi connectivity index (χ3n) is 3.08. The molecule has 0 radical (unpaired) electrons. The molecule has 1 rings (SSSR count). The SMILES string of the molecule is O=[P+](O)OCC(CCCl)(CCCl)c1ccc(O)cc1. The highest BCUT2D eigenvalue weighted by molar-refractivity contribution is 7.32. The van der Waals surface area contributed by atoms with Crippen molar-refractivity contribution < 1.29 is 19.1 Å². The summed E-state index contributed by atoms with van der Waals surface area (Å²) >= 11 is 11.7. The van der Waals surface area contributed by atoms with E-state index in [1.54, 1.807) is 24.3 Å². The van der Waals surface area contributed by atoms with E-state index >= 15 is 0 Å². The average Bonchev–Trinajstić information content (AvgIpc) is 2.37. The monoisotopic (exact) mass is 325 g/mol. The maximum absolute atomic E-state index is 10.8. The van der Waals surface area contributed by atoms with Gasteiger partial charge >= 0.3 is 8.25 Å². The molecule has 1 aromatic rings. The van der Waals surface area contributed by atoms with Crippen molar-refractivity contribution >= 4 is 31.5 Å².